The first-order valence-corrected chi connectivity index (χ1v) is 5.38. The first-order chi connectivity index (χ1) is 7.53. The van der Waals surface area contributed by atoms with Gasteiger partial charge in [-0.25, -0.2) is 4.79 Å². The number of hydrogen-bond donors (Lipinski definition) is 3. The minimum absolute atomic E-state index is 0.155. The van der Waals surface area contributed by atoms with Crippen LogP contribution < -0.4 is 10.6 Å². The summed E-state index contributed by atoms with van der Waals surface area (Å²) in [4.78, 5) is 33.7. The van der Waals surface area contributed by atoms with Gasteiger partial charge in [-0.15, -0.1) is 0 Å². The Morgan fingerprint density at radius 1 is 1.44 bits per heavy atom. The van der Waals surface area contributed by atoms with Crippen LogP contribution >= 0.6 is 0 Å². The van der Waals surface area contributed by atoms with Crippen LogP contribution in [0.25, 0.3) is 0 Å². The molecule has 6 nitrogen and oxygen atoms in total. The average Bonchev–Trinajstić information content (AvgIpc) is 2.57. The maximum atomic E-state index is 11.7. The van der Waals surface area contributed by atoms with Crippen LogP contribution in [0.5, 0.6) is 0 Å². The molecule has 1 saturated carbocycles. The topological polar surface area (TPSA) is 95.5 Å². The lowest BCUT2D eigenvalue weighted by molar-refractivity contribution is -0.152. The molecule has 3 N–H and O–H groups in total. The van der Waals surface area contributed by atoms with Crippen LogP contribution in [0, 0.1) is 0 Å². The fourth-order valence-electron chi connectivity index (χ4n) is 2.06. The Morgan fingerprint density at radius 2 is 2.12 bits per heavy atom. The van der Waals surface area contributed by atoms with Crippen LogP contribution in [0.3, 0.4) is 0 Å². The van der Waals surface area contributed by atoms with Crippen LogP contribution in [0.2, 0.25) is 0 Å². The predicted molar refractivity (Wildman–Crippen MR) is 53.5 cm³/mol. The molecule has 0 aromatic carbocycles. The molecule has 2 fully saturated rings. The molecule has 0 unspecified atom stereocenters. The Kier molecular flexibility index (Phi) is 2.57. The number of carboxylic acids is 1. The van der Waals surface area contributed by atoms with Gasteiger partial charge in [0, 0.05) is 6.42 Å². The van der Waals surface area contributed by atoms with E-state index in [1.807, 2.05) is 0 Å². The van der Waals surface area contributed by atoms with E-state index in [2.05, 4.69) is 10.6 Å². The van der Waals surface area contributed by atoms with E-state index in [1.165, 1.54) is 0 Å². The molecule has 1 atom stereocenters. The molecule has 1 heterocycles. The minimum Gasteiger partial charge on any atom is -0.480 e. The highest BCUT2D eigenvalue weighted by molar-refractivity contribution is 5.94. The van der Waals surface area contributed by atoms with Gasteiger partial charge in [-0.05, 0) is 25.7 Å². The summed E-state index contributed by atoms with van der Waals surface area (Å²) < 4.78 is 0. The molecule has 0 bridgehead atoms. The lowest BCUT2D eigenvalue weighted by Crippen LogP contribution is -2.61. The van der Waals surface area contributed by atoms with Crippen molar-refractivity contribution in [1.29, 1.82) is 0 Å². The summed E-state index contributed by atoms with van der Waals surface area (Å²) in [5.74, 6) is -1.53. The van der Waals surface area contributed by atoms with Gasteiger partial charge < -0.3 is 15.7 Å². The fourth-order valence-corrected chi connectivity index (χ4v) is 2.06. The monoisotopic (exact) mass is 226 g/mol. The van der Waals surface area contributed by atoms with Gasteiger partial charge in [0.2, 0.25) is 11.8 Å². The van der Waals surface area contributed by atoms with Crippen molar-refractivity contribution in [2.75, 3.05) is 0 Å². The van der Waals surface area contributed by atoms with E-state index >= 15 is 0 Å². The molecule has 16 heavy (non-hydrogen) atoms. The normalized spacial score (nSPS) is 26.8. The molecule has 1 saturated heterocycles. The Morgan fingerprint density at radius 3 is 2.50 bits per heavy atom. The molecule has 6 heteroatoms. The summed E-state index contributed by atoms with van der Waals surface area (Å²) in [6, 6.07) is -0.565. The quantitative estimate of drug-likeness (QED) is 0.598. The summed E-state index contributed by atoms with van der Waals surface area (Å²) in [7, 11) is 0. The van der Waals surface area contributed by atoms with Gasteiger partial charge in [-0.3, -0.25) is 9.59 Å². The highest BCUT2D eigenvalue weighted by Gasteiger charge is 2.46. The summed E-state index contributed by atoms with van der Waals surface area (Å²) in [6.07, 6.45) is 2.52. The van der Waals surface area contributed by atoms with Crippen molar-refractivity contribution in [3.8, 4) is 0 Å². The van der Waals surface area contributed by atoms with Crippen LogP contribution in [-0.2, 0) is 14.4 Å². The van der Waals surface area contributed by atoms with Crippen molar-refractivity contribution in [2.45, 2.75) is 43.7 Å². The lowest BCUT2D eigenvalue weighted by Gasteiger charge is -2.38. The summed E-state index contributed by atoms with van der Waals surface area (Å²) in [5.41, 5.74) is -1.09. The number of carbonyl (C=O) groups is 3. The Hall–Kier alpha value is -1.59. The summed E-state index contributed by atoms with van der Waals surface area (Å²) >= 11 is 0. The van der Waals surface area contributed by atoms with E-state index in [0.29, 0.717) is 25.7 Å². The maximum absolute atomic E-state index is 11.7. The fraction of sp³-hybridized carbons (Fsp3) is 0.700. The predicted octanol–water partition coefficient (Wildman–Crippen LogP) is -0.611. The van der Waals surface area contributed by atoms with Gasteiger partial charge in [0.15, 0.2) is 0 Å². The third-order valence-corrected chi connectivity index (χ3v) is 3.29. The van der Waals surface area contributed by atoms with Crippen LogP contribution in [0.4, 0.5) is 0 Å². The molecule has 1 aliphatic heterocycles. The van der Waals surface area contributed by atoms with Gasteiger partial charge >= 0.3 is 5.97 Å². The first kappa shape index (κ1) is 10.9. The minimum atomic E-state index is -1.09. The molecule has 0 radical (unpaired) electrons. The number of aliphatic carboxylic acids is 1. The highest BCUT2D eigenvalue weighted by Crippen LogP contribution is 2.32. The van der Waals surface area contributed by atoms with Gasteiger partial charge in [0.1, 0.15) is 11.6 Å². The third-order valence-electron chi connectivity index (χ3n) is 3.29. The number of amides is 2. The Labute approximate surface area is 92.4 Å². The zero-order valence-corrected chi connectivity index (χ0v) is 8.78. The van der Waals surface area contributed by atoms with Crippen LogP contribution in [0.1, 0.15) is 32.1 Å². The first-order valence-electron chi connectivity index (χ1n) is 5.38. The molecular formula is C10H14N2O4. The standard InChI is InChI=1S/C10H14N2O4/c13-7-3-2-6(11-7)8(14)12-10(9(15)16)4-1-5-10/h6H,1-5H2,(H,11,13)(H,12,14)(H,15,16)/t6-/m1/s1. The van der Waals surface area contributed by atoms with Crippen molar-refractivity contribution in [3.63, 3.8) is 0 Å². The van der Waals surface area contributed by atoms with E-state index < -0.39 is 17.6 Å². The molecule has 88 valence electrons. The lowest BCUT2D eigenvalue weighted by atomic mass is 9.76. The van der Waals surface area contributed by atoms with E-state index in [-0.39, 0.29) is 11.8 Å². The molecule has 2 aliphatic rings. The van der Waals surface area contributed by atoms with Gasteiger partial charge in [0.25, 0.3) is 0 Å². The van der Waals surface area contributed by atoms with Gasteiger partial charge in [-0.2, -0.15) is 0 Å². The SMILES string of the molecule is O=C1CC[C@H](C(=O)NC2(C(=O)O)CCC2)N1. The average molecular weight is 226 g/mol. The van der Waals surface area contributed by atoms with E-state index in [1.54, 1.807) is 0 Å². The maximum Gasteiger partial charge on any atom is 0.329 e. The molecule has 0 aromatic rings. The summed E-state index contributed by atoms with van der Waals surface area (Å²) in [6.45, 7) is 0. The second-order valence-corrected chi connectivity index (χ2v) is 4.39. The third kappa shape index (κ3) is 1.75. The smallest absolute Gasteiger partial charge is 0.329 e. The zero-order chi connectivity index (χ0) is 11.8. The van der Waals surface area contributed by atoms with Crippen molar-refractivity contribution >= 4 is 17.8 Å². The Balaban J connectivity index is 1.96. The zero-order valence-electron chi connectivity index (χ0n) is 8.78. The van der Waals surface area contributed by atoms with E-state index in [4.69, 9.17) is 5.11 Å². The Bertz CT molecular complexity index is 349. The summed E-state index contributed by atoms with van der Waals surface area (Å²) in [5, 5.41) is 14.1. The number of carboxylic acid groups (broad SMARTS) is 1. The van der Waals surface area contributed by atoms with Gasteiger partial charge in [-0.1, -0.05) is 0 Å². The van der Waals surface area contributed by atoms with E-state index in [9.17, 15) is 14.4 Å². The van der Waals surface area contributed by atoms with Crippen molar-refractivity contribution in [3.05, 3.63) is 0 Å². The van der Waals surface area contributed by atoms with Crippen molar-refractivity contribution in [2.24, 2.45) is 0 Å². The molecule has 2 rings (SSSR count). The van der Waals surface area contributed by atoms with Crippen LogP contribution in [0.15, 0.2) is 0 Å². The van der Waals surface area contributed by atoms with Gasteiger partial charge in [0.05, 0.1) is 0 Å². The van der Waals surface area contributed by atoms with E-state index in [0.717, 1.165) is 6.42 Å². The second kappa shape index (κ2) is 3.77. The highest BCUT2D eigenvalue weighted by atomic mass is 16.4. The molecule has 1 aliphatic carbocycles. The second-order valence-electron chi connectivity index (χ2n) is 4.39. The largest absolute Gasteiger partial charge is 0.480 e. The molecular weight excluding hydrogens is 212 g/mol. The number of nitrogens with one attached hydrogen (secondary N) is 2. The number of carbonyl (C=O) groups excluding carboxylic acids is 2. The van der Waals surface area contributed by atoms with Crippen LogP contribution in [-0.4, -0.2) is 34.5 Å². The molecule has 0 aromatic heterocycles. The number of hydrogen-bond acceptors (Lipinski definition) is 3. The number of rotatable bonds is 3. The molecule has 2 amide bonds. The van der Waals surface area contributed by atoms with Crippen molar-refractivity contribution in [1.82, 2.24) is 10.6 Å². The molecule has 0 spiro atoms. The van der Waals surface area contributed by atoms with Crippen molar-refractivity contribution < 1.29 is 19.5 Å².